The zero-order valence-corrected chi connectivity index (χ0v) is 15.1. The first kappa shape index (κ1) is 20.4. The molecule has 8 heteroatoms. The highest BCUT2D eigenvalue weighted by Gasteiger charge is 2.04. The molecule has 0 heterocycles. The minimum Gasteiger partial charge on any atom is -0.357 e. The fraction of sp³-hybridized carbons (Fsp3) is 0.562. The molecule has 0 saturated carbocycles. The van der Waals surface area contributed by atoms with E-state index in [4.69, 9.17) is 0 Å². The van der Waals surface area contributed by atoms with Crippen molar-refractivity contribution in [3.63, 3.8) is 0 Å². The fourth-order valence-electron chi connectivity index (χ4n) is 1.96. The molecule has 1 aromatic rings. The van der Waals surface area contributed by atoms with Crippen molar-refractivity contribution in [3.8, 4) is 0 Å². The average molecular weight is 358 g/mol. The molecule has 0 bridgehead atoms. The van der Waals surface area contributed by atoms with Crippen LogP contribution >= 0.6 is 0 Å². The van der Waals surface area contributed by atoms with Gasteiger partial charge in [-0.2, -0.15) is 0 Å². The molecule has 1 rings (SSSR count). The van der Waals surface area contributed by atoms with Crippen molar-refractivity contribution in [2.24, 2.45) is 4.99 Å². The van der Waals surface area contributed by atoms with E-state index < -0.39 is 10.0 Å². The number of rotatable bonds is 10. The van der Waals surface area contributed by atoms with Crippen LogP contribution in [0.15, 0.2) is 29.3 Å². The van der Waals surface area contributed by atoms with E-state index in [1.807, 2.05) is 13.0 Å². The largest absolute Gasteiger partial charge is 0.357 e. The Morgan fingerprint density at radius 3 is 2.58 bits per heavy atom. The maximum absolute atomic E-state index is 13.5. The molecule has 24 heavy (non-hydrogen) atoms. The topological polar surface area (TPSA) is 82.6 Å². The van der Waals surface area contributed by atoms with Crippen LogP contribution in [0, 0.1) is 5.82 Å². The molecule has 0 radical (unpaired) electrons. The molecule has 0 atom stereocenters. The van der Waals surface area contributed by atoms with Crippen LogP contribution in [0.1, 0.15) is 25.8 Å². The third kappa shape index (κ3) is 8.26. The lowest BCUT2D eigenvalue weighted by atomic mass is 10.1. The van der Waals surface area contributed by atoms with Crippen LogP contribution in [-0.4, -0.2) is 46.3 Å². The van der Waals surface area contributed by atoms with Crippen LogP contribution in [0.25, 0.3) is 0 Å². The first-order chi connectivity index (χ1) is 11.5. The molecule has 0 unspecified atom stereocenters. The lowest BCUT2D eigenvalue weighted by Gasteiger charge is -2.11. The molecular formula is C16H27FN4O2S. The molecule has 0 spiro atoms. The second-order valence-electron chi connectivity index (χ2n) is 5.18. The first-order valence-electron chi connectivity index (χ1n) is 8.21. The Morgan fingerprint density at radius 2 is 1.92 bits per heavy atom. The van der Waals surface area contributed by atoms with Gasteiger partial charge in [0, 0.05) is 26.2 Å². The number of hydrogen-bond donors (Lipinski definition) is 3. The van der Waals surface area contributed by atoms with Gasteiger partial charge in [0.2, 0.25) is 10.0 Å². The molecule has 0 aliphatic rings. The predicted octanol–water partition coefficient (Wildman–Crippen LogP) is 1.25. The zero-order chi connectivity index (χ0) is 17.8. The van der Waals surface area contributed by atoms with Crippen molar-refractivity contribution in [3.05, 3.63) is 35.6 Å². The second kappa shape index (κ2) is 11.0. The summed E-state index contributed by atoms with van der Waals surface area (Å²) in [4.78, 5) is 4.38. The summed E-state index contributed by atoms with van der Waals surface area (Å²) in [7, 11) is -3.14. The third-order valence-electron chi connectivity index (χ3n) is 3.30. The van der Waals surface area contributed by atoms with Gasteiger partial charge in [-0.05, 0) is 38.3 Å². The van der Waals surface area contributed by atoms with Crippen molar-refractivity contribution in [2.45, 2.75) is 26.7 Å². The highest BCUT2D eigenvalue weighted by molar-refractivity contribution is 7.89. The summed E-state index contributed by atoms with van der Waals surface area (Å²) in [6, 6.07) is 6.70. The second-order valence-corrected chi connectivity index (χ2v) is 7.28. The van der Waals surface area contributed by atoms with Crippen LogP contribution in [0.3, 0.4) is 0 Å². The van der Waals surface area contributed by atoms with Crippen LogP contribution in [0.2, 0.25) is 0 Å². The van der Waals surface area contributed by atoms with E-state index >= 15 is 0 Å². The maximum atomic E-state index is 13.5. The van der Waals surface area contributed by atoms with Crippen LogP contribution in [0.5, 0.6) is 0 Å². The smallest absolute Gasteiger partial charge is 0.211 e. The number of guanidine groups is 1. The Kier molecular flexibility index (Phi) is 9.33. The molecule has 0 saturated heterocycles. The van der Waals surface area contributed by atoms with Gasteiger partial charge in [-0.15, -0.1) is 0 Å². The normalized spacial score (nSPS) is 12.2. The van der Waals surface area contributed by atoms with Gasteiger partial charge in [0.05, 0.1) is 5.75 Å². The molecule has 0 aliphatic carbocycles. The molecule has 0 aliphatic heterocycles. The molecular weight excluding hydrogens is 331 g/mol. The standard InChI is InChI=1S/C16H27FN4O2S/c1-3-18-16(19-11-7-12-21-24(22,23)4-2)20-13-10-14-8-5-6-9-15(14)17/h5-6,8-9,21H,3-4,7,10-13H2,1-2H3,(H2,18,19,20). The van der Waals surface area contributed by atoms with Gasteiger partial charge in [-0.3, -0.25) is 4.99 Å². The molecule has 1 aromatic carbocycles. The fourth-order valence-corrected chi connectivity index (χ4v) is 2.62. The number of sulfonamides is 1. The number of benzene rings is 1. The maximum Gasteiger partial charge on any atom is 0.211 e. The molecule has 0 aromatic heterocycles. The van der Waals surface area contributed by atoms with Gasteiger partial charge in [-0.1, -0.05) is 18.2 Å². The Morgan fingerprint density at radius 1 is 1.17 bits per heavy atom. The molecule has 3 N–H and O–H groups in total. The Balaban J connectivity index is 2.36. The number of halogens is 1. The van der Waals surface area contributed by atoms with Gasteiger partial charge < -0.3 is 10.6 Å². The van der Waals surface area contributed by atoms with E-state index in [1.54, 1.807) is 19.1 Å². The number of hydrogen-bond acceptors (Lipinski definition) is 3. The van der Waals surface area contributed by atoms with Gasteiger partial charge in [-0.25, -0.2) is 17.5 Å². The van der Waals surface area contributed by atoms with Crippen LogP contribution in [-0.2, 0) is 16.4 Å². The first-order valence-corrected chi connectivity index (χ1v) is 9.86. The van der Waals surface area contributed by atoms with Crippen molar-refractivity contribution >= 4 is 16.0 Å². The van der Waals surface area contributed by atoms with E-state index in [1.165, 1.54) is 6.07 Å². The summed E-state index contributed by atoms with van der Waals surface area (Å²) >= 11 is 0. The van der Waals surface area contributed by atoms with Gasteiger partial charge in [0.15, 0.2) is 5.96 Å². The van der Waals surface area contributed by atoms with Crippen LogP contribution in [0.4, 0.5) is 4.39 Å². The molecule has 136 valence electrons. The number of aliphatic imine (C=N–C) groups is 1. The average Bonchev–Trinajstić information content (AvgIpc) is 2.56. The van der Waals surface area contributed by atoms with Gasteiger partial charge in [0.1, 0.15) is 5.82 Å². The Hall–Kier alpha value is -1.67. The lowest BCUT2D eigenvalue weighted by molar-refractivity contribution is 0.580. The molecule has 6 nitrogen and oxygen atoms in total. The Bertz CT molecular complexity index is 620. The van der Waals surface area contributed by atoms with Gasteiger partial charge >= 0.3 is 0 Å². The highest BCUT2D eigenvalue weighted by Crippen LogP contribution is 2.06. The minimum atomic E-state index is -3.14. The van der Waals surface area contributed by atoms with Crippen molar-refractivity contribution < 1.29 is 12.8 Å². The lowest BCUT2D eigenvalue weighted by Crippen LogP contribution is -2.38. The molecule has 0 fully saturated rings. The van der Waals surface area contributed by atoms with Crippen LogP contribution < -0.4 is 15.4 Å². The van der Waals surface area contributed by atoms with E-state index in [2.05, 4.69) is 20.3 Å². The molecule has 0 amide bonds. The van der Waals surface area contributed by atoms with E-state index in [-0.39, 0.29) is 11.6 Å². The summed E-state index contributed by atoms with van der Waals surface area (Å²) in [5.41, 5.74) is 0.662. The summed E-state index contributed by atoms with van der Waals surface area (Å²) in [5.74, 6) is 0.521. The highest BCUT2D eigenvalue weighted by atomic mass is 32.2. The van der Waals surface area contributed by atoms with Crippen molar-refractivity contribution in [1.82, 2.24) is 15.4 Å². The van der Waals surface area contributed by atoms with Gasteiger partial charge in [0.25, 0.3) is 0 Å². The summed E-state index contributed by atoms with van der Waals surface area (Å²) in [6.45, 7) is 5.71. The predicted molar refractivity (Wildman–Crippen MR) is 96.2 cm³/mol. The monoisotopic (exact) mass is 358 g/mol. The zero-order valence-electron chi connectivity index (χ0n) is 14.3. The van der Waals surface area contributed by atoms with Crippen molar-refractivity contribution in [1.29, 1.82) is 0 Å². The SMILES string of the molecule is CCNC(=NCCCNS(=O)(=O)CC)NCCc1ccccc1F. The summed E-state index contributed by atoms with van der Waals surface area (Å²) in [6.07, 6.45) is 1.18. The summed E-state index contributed by atoms with van der Waals surface area (Å²) < 4.78 is 38.7. The summed E-state index contributed by atoms with van der Waals surface area (Å²) in [5, 5.41) is 6.26. The van der Waals surface area contributed by atoms with E-state index in [9.17, 15) is 12.8 Å². The van der Waals surface area contributed by atoms with E-state index in [0.717, 1.165) is 0 Å². The quantitative estimate of drug-likeness (QED) is 0.334. The Labute approximate surface area is 144 Å². The number of nitrogens with zero attached hydrogens (tertiary/aromatic N) is 1. The van der Waals surface area contributed by atoms with Crippen molar-refractivity contribution in [2.75, 3.05) is 31.9 Å². The van der Waals surface area contributed by atoms with E-state index in [0.29, 0.717) is 50.5 Å². The third-order valence-corrected chi connectivity index (χ3v) is 4.70. The number of nitrogens with one attached hydrogen (secondary N) is 3. The minimum absolute atomic E-state index is 0.0799.